The summed E-state index contributed by atoms with van der Waals surface area (Å²) >= 11 is 0. The van der Waals surface area contributed by atoms with Crippen molar-refractivity contribution in [1.82, 2.24) is 4.90 Å². The number of aliphatic hydroxyl groups is 1. The van der Waals surface area contributed by atoms with Crippen LogP contribution in [0.25, 0.3) is 11.1 Å². The molecule has 5 rings (SSSR count). The Balaban J connectivity index is 1.18. The number of aryl methyl sites for hydroxylation is 1. The van der Waals surface area contributed by atoms with Gasteiger partial charge in [0.05, 0.1) is 23.1 Å². The highest BCUT2D eigenvalue weighted by Gasteiger charge is 2.36. The van der Waals surface area contributed by atoms with Gasteiger partial charge in [0, 0.05) is 6.54 Å². The number of carbonyl (C=O) groups is 3. The number of fused-ring (bicyclic) bond motifs is 2. The zero-order valence-corrected chi connectivity index (χ0v) is 20.1. The van der Waals surface area contributed by atoms with Gasteiger partial charge in [0.15, 0.2) is 11.5 Å². The Labute approximate surface area is 214 Å². The van der Waals surface area contributed by atoms with E-state index in [1.807, 2.05) is 42.5 Å². The van der Waals surface area contributed by atoms with E-state index in [2.05, 4.69) is 0 Å². The smallest absolute Gasteiger partial charge is 0.309 e. The first-order valence-electron chi connectivity index (χ1n) is 12.3. The van der Waals surface area contributed by atoms with E-state index in [1.165, 1.54) is 0 Å². The predicted molar refractivity (Wildman–Crippen MR) is 135 cm³/mol. The number of aliphatic carboxylic acids is 1. The van der Waals surface area contributed by atoms with Crippen LogP contribution in [-0.2, 0) is 11.2 Å². The van der Waals surface area contributed by atoms with Crippen LogP contribution in [-0.4, -0.2) is 58.8 Å². The molecule has 0 aromatic heterocycles. The Hall–Kier alpha value is -4.17. The molecule has 37 heavy (non-hydrogen) atoms. The number of nitrogens with zero attached hydrogens (tertiary/aromatic N) is 1. The molecule has 2 amide bonds. The third-order valence-electron chi connectivity index (χ3n) is 6.88. The van der Waals surface area contributed by atoms with Gasteiger partial charge in [-0.05, 0) is 60.2 Å². The lowest BCUT2D eigenvalue weighted by atomic mass is 9.93. The van der Waals surface area contributed by atoms with Crippen LogP contribution in [0.4, 0.5) is 0 Å². The molecule has 2 N–H and O–H groups in total. The van der Waals surface area contributed by atoms with Crippen molar-refractivity contribution >= 4 is 17.8 Å². The molecule has 2 atom stereocenters. The highest BCUT2D eigenvalue weighted by molar-refractivity contribution is 6.21. The second-order valence-electron chi connectivity index (χ2n) is 9.20. The average Bonchev–Trinajstić information content (AvgIpc) is 3.16. The maximum Gasteiger partial charge on any atom is 0.309 e. The van der Waals surface area contributed by atoms with Crippen LogP contribution in [0.5, 0.6) is 11.5 Å². The van der Waals surface area contributed by atoms with E-state index in [-0.39, 0.29) is 19.4 Å². The molecule has 0 saturated carbocycles. The number of rotatable bonds is 9. The van der Waals surface area contributed by atoms with Crippen LogP contribution in [0.2, 0.25) is 0 Å². The van der Waals surface area contributed by atoms with Crippen LogP contribution in [0, 0.1) is 5.92 Å². The number of benzene rings is 3. The molecule has 0 aliphatic carbocycles. The van der Waals surface area contributed by atoms with Gasteiger partial charge in [-0.25, -0.2) is 0 Å². The van der Waals surface area contributed by atoms with Crippen LogP contribution >= 0.6 is 0 Å². The van der Waals surface area contributed by atoms with Crippen molar-refractivity contribution in [3.8, 4) is 22.6 Å². The van der Waals surface area contributed by atoms with Gasteiger partial charge in [-0.1, -0.05) is 42.5 Å². The Kier molecular flexibility index (Phi) is 6.92. The fourth-order valence-corrected chi connectivity index (χ4v) is 4.79. The van der Waals surface area contributed by atoms with Gasteiger partial charge in [0.25, 0.3) is 11.8 Å². The molecule has 2 aliphatic rings. The Morgan fingerprint density at radius 3 is 2.11 bits per heavy atom. The second kappa shape index (κ2) is 10.4. The van der Waals surface area contributed by atoms with E-state index >= 15 is 0 Å². The number of hydrogen-bond acceptors (Lipinski definition) is 6. The molecule has 0 spiro atoms. The monoisotopic (exact) mass is 501 g/mol. The van der Waals surface area contributed by atoms with Crippen LogP contribution < -0.4 is 9.47 Å². The summed E-state index contributed by atoms with van der Waals surface area (Å²) in [6.07, 6.45) is -0.419. The summed E-state index contributed by atoms with van der Waals surface area (Å²) in [6.45, 7) is 0.996. The summed E-state index contributed by atoms with van der Waals surface area (Å²) in [6, 6.07) is 20.2. The van der Waals surface area contributed by atoms with Crippen molar-refractivity contribution < 1.29 is 34.1 Å². The van der Waals surface area contributed by atoms with Gasteiger partial charge in [0.2, 0.25) is 0 Å². The van der Waals surface area contributed by atoms with Crippen molar-refractivity contribution in [2.75, 3.05) is 19.8 Å². The summed E-state index contributed by atoms with van der Waals surface area (Å²) in [5, 5.41) is 20.4. The number of carboxylic acid groups (broad SMARTS) is 1. The van der Waals surface area contributed by atoms with Gasteiger partial charge in [-0.15, -0.1) is 0 Å². The van der Waals surface area contributed by atoms with E-state index in [0.717, 1.165) is 33.1 Å². The molecule has 0 fully saturated rings. The minimum atomic E-state index is -1.15. The van der Waals surface area contributed by atoms with Crippen molar-refractivity contribution in [1.29, 1.82) is 0 Å². The first kappa shape index (κ1) is 24.5. The van der Waals surface area contributed by atoms with Crippen molar-refractivity contribution in [2.24, 2.45) is 5.92 Å². The second-order valence-corrected chi connectivity index (χ2v) is 9.20. The first-order chi connectivity index (χ1) is 17.9. The number of carboxylic acids is 1. The fourth-order valence-electron chi connectivity index (χ4n) is 4.79. The van der Waals surface area contributed by atoms with Crippen LogP contribution in [0.1, 0.15) is 39.1 Å². The molecule has 190 valence electrons. The molecule has 3 aromatic rings. The first-order valence-corrected chi connectivity index (χ1v) is 12.3. The number of hydrogen-bond donors (Lipinski definition) is 2. The van der Waals surface area contributed by atoms with Crippen LogP contribution in [0.15, 0.2) is 66.7 Å². The molecule has 0 saturated heterocycles. The molecule has 2 heterocycles. The maximum atomic E-state index is 12.6. The van der Waals surface area contributed by atoms with E-state index in [0.29, 0.717) is 30.8 Å². The SMILES string of the molecule is O=C(O)[C@@H](CCN1C(=O)c2ccccc2C1=O)[C@H](O)CCc1ccc(-c2ccc3c(c2)OCCO3)cc1. The van der Waals surface area contributed by atoms with Crippen molar-refractivity contribution in [2.45, 2.75) is 25.4 Å². The topological polar surface area (TPSA) is 113 Å². The largest absolute Gasteiger partial charge is 0.486 e. The molecule has 8 nitrogen and oxygen atoms in total. The highest BCUT2D eigenvalue weighted by Crippen LogP contribution is 2.34. The number of ether oxygens (including phenoxy) is 2. The van der Waals surface area contributed by atoms with E-state index in [9.17, 15) is 24.6 Å². The normalized spacial score (nSPS) is 15.9. The standard InChI is InChI=1S/C29H27NO7/c31-24(23(29(34)35)13-14-30-27(32)21-3-1-2-4-22(21)28(30)33)11-7-18-5-8-19(9-6-18)20-10-12-25-26(17-20)37-16-15-36-25/h1-6,8-10,12,17,23-24,31H,7,11,13-16H2,(H,34,35)/t23-,24+/m0/s1. The van der Waals surface area contributed by atoms with Crippen molar-refractivity contribution in [3.63, 3.8) is 0 Å². The van der Waals surface area contributed by atoms with Crippen LogP contribution in [0.3, 0.4) is 0 Å². The number of amides is 2. The zero-order valence-electron chi connectivity index (χ0n) is 20.1. The van der Waals surface area contributed by atoms with Crippen molar-refractivity contribution in [3.05, 3.63) is 83.4 Å². The van der Waals surface area contributed by atoms with Gasteiger partial charge in [0.1, 0.15) is 13.2 Å². The Bertz CT molecular complexity index is 1300. The summed E-state index contributed by atoms with van der Waals surface area (Å²) in [5.74, 6) is -1.66. The lowest BCUT2D eigenvalue weighted by Crippen LogP contribution is -2.36. The van der Waals surface area contributed by atoms with Gasteiger partial charge in [-0.2, -0.15) is 0 Å². The third-order valence-corrected chi connectivity index (χ3v) is 6.88. The summed E-state index contributed by atoms with van der Waals surface area (Å²) < 4.78 is 11.2. The summed E-state index contributed by atoms with van der Waals surface area (Å²) in [4.78, 5) is 38.0. The lowest BCUT2D eigenvalue weighted by molar-refractivity contribution is -0.146. The number of carbonyl (C=O) groups excluding carboxylic acids is 2. The van der Waals surface area contributed by atoms with E-state index < -0.39 is 29.8 Å². The zero-order chi connectivity index (χ0) is 25.9. The quantitative estimate of drug-likeness (QED) is 0.429. The highest BCUT2D eigenvalue weighted by atomic mass is 16.6. The summed E-state index contributed by atoms with van der Waals surface area (Å²) in [5.41, 5.74) is 3.60. The molecular weight excluding hydrogens is 474 g/mol. The molecule has 3 aromatic carbocycles. The number of imide groups is 1. The minimum Gasteiger partial charge on any atom is -0.486 e. The average molecular weight is 502 g/mol. The van der Waals surface area contributed by atoms with Gasteiger partial charge >= 0.3 is 5.97 Å². The maximum absolute atomic E-state index is 12.6. The fraction of sp³-hybridized carbons (Fsp3) is 0.276. The lowest BCUT2D eigenvalue weighted by Gasteiger charge is -2.22. The molecule has 8 heteroatoms. The van der Waals surface area contributed by atoms with Gasteiger partial charge < -0.3 is 19.7 Å². The number of aliphatic hydroxyl groups excluding tert-OH is 1. The third kappa shape index (κ3) is 5.06. The minimum absolute atomic E-state index is 0.0228. The molecule has 0 bridgehead atoms. The Morgan fingerprint density at radius 2 is 1.46 bits per heavy atom. The molecular formula is C29H27NO7. The predicted octanol–water partition coefficient (Wildman–Crippen LogP) is 3.81. The molecule has 2 aliphatic heterocycles. The van der Waals surface area contributed by atoms with E-state index in [4.69, 9.17) is 9.47 Å². The summed E-state index contributed by atoms with van der Waals surface area (Å²) in [7, 11) is 0. The van der Waals surface area contributed by atoms with E-state index in [1.54, 1.807) is 24.3 Å². The molecule has 0 radical (unpaired) electrons. The Morgan fingerprint density at radius 1 is 0.838 bits per heavy atom. The molecule has 0 unspecified atom stereocenters. The van der Waals surface area contributed by atoms with Gasteiger partial charge in [-0.3, -0.25) is 19.3 Å².